The largest absolute Gasteiger partial charge is 0.309 e. The highest BCUT2D eigenvalue weighted by Gasteiger charge is 2.59. The molecule has 1 nitrogen and oxygen atoms in total. The second kappa shape index (κ2) is 1.70. The molecule has 0 amide bonds. The monoisotopic (exact) mass is 151 g/mol. The fourth-order valence-electron chi connectivity index (χ4n) is 2.97. The van der Waals surface area contributed by atoms with Crippen molar-refractivity contribution < 1.29 is 0 Å². The molecule has 1 N–H and O–H groups in total. The van der Waals surface area contributed by atoms with Crippen LogP contribution in [0.25, 0.3) is 0 Å². The van der Waals surface area contributed by atoms with E-state index >= 15 is 0 Å². The maximum absolute atomic E-state index is 7.89. The zero-order valence-corrected chi connectivity index (χ0v) is 7.70. The van der Waals surface area contributed by atoms with Crippen LogP contribution < -0.4 is 0 Å². The quantitative estimate of drug-likeness (QED) is 0.550. The van der Waals surface area contributed by atoms with Crippen molar-refractivity contribution in [3.05, 3.63) is 0 Å². The molecule has 0 aromatic heterocycles. The van der Waals surface area contributed by atoms with Crippen LogP contribution in [0.5, 0.6) is 0 Å². The molecule has 11 heavy (non-hydrogen) atoms. The molecule has 2 aliphatic rings. The first-order valence-corrected chi connectivity index (χ1v) is 4.56. The molecule has 2 fully saturated rings. The maximum atomic E-state index is 7.89. The second-order valence-corrected chi connectivity index (χ2v) is 4.97. The Balaban J connectivity index is 2.47. The highest BCUT2D eigenvalue weighted by atomic mass is 14.7. The first-order chi connectivity index (χ1) is 4.98. The van der Waals surface area contributed by atoms with Crippen molar-refractivity contribution in [2.75, 3.05) is 0 Å². The Labute approximate surface area is 68.7 Å². The van der Waals surface area contributed by atoms with E-state index in [9.17, 15) is 0 Å². The van der Waals surface area contributed by atoms with E-state index in [-0.39, 0.29) is 5.41 Å². The lowest BCUT2D eigenvalue weighted by atomic mass is 9.70. The number of fused-ring (bicyclic) bond motifs is 2. The van der Waals surface area contributed by atoms with Crippen LogP contribution in [-0.4, -0.2) is 5.71 Å². The van der Waals surface area contributed by atoms with Crippen molar-refractivity contribution in [2.45, 2.75) is 40.0 Å². The minimum atomic E-state index is 0.248. The molecule has 62 valence electrons. The van der Waals surface area contributed by atoms with Gasteiger partial charge in [-0.3, -0.25) is 0 Å². The van der Waals surface area contributed by atoms with Gasteiger partial charge in [-0.25, -0.2) is 0 Å². The maximum Gasteiger partial charge on any atom is 0.0156 e. The summed E-state index contributed by atoms with van der Waals surface area (Å²) in [5.74, 6) is 0.806. The van der Waals surface area contributed by atoms with Gasteiger partial charge in [0.1, 0.15) is 0 Å². The summed E-state index contributed by atoms with van der Waals surface area (Å²) in [4.78, 5) is 0. The van der Waals surface area contributed by atoms with Gasteiger partial charge in [0, 0.05) is 11.1 Å². The van der Waals surface area contributed by atoms with Gasteiger partial charge in [0.25, 0.3) is 0 Å². The van der Waals surface area contributed by atoms with Crippen LogP contribution in [0.4, 0.5) is 0 Å². The number of nitrogens with one attached hydrogen (secondary N) is 1. The highest BCUT2D eigenvalue weighted by Crippen LogP contribution is 2.63. The van der Waals surface area contributed by atoms with E-state index in [0.717, 1.165) is 18.1 Å². The lowest BCUT2D eigenvalue weighted by Crippen LogP contribution is -2.31. The van der Waals surface area contributed by atoms with Crippen LogP contribution in [0, 0.1) is 22.2 Å². The van der Waals surface area contributed by atoms with Gasteiger partial charge in [-0.2, -0.15) is 0 Å². The predicted molar refractivity (Wildman–Crippen MR) is 47.0 cm³/mol. The standard InChI is InChI=1S/C10H17N/c1-9(2)7-4-5-10(9,3)8(11)6-7/h7,11H,4-6H2,1-3H3/t7-,10+/m1/s1. The minimum Gasteiger partial charge on any atom is -0.309 e. The minimum absolute atomic E-state index is 0.248. The zero-order chi connectivity index (χ0) is 8.28. The third kappa shape index (κ3) is 0.605. The van der Waals surface area contributed by atoms with Gasteiger partial charge in [-0.05, 0) is 30.6 Å². The topological polar surface area (TPSA) is 23.9 Å². The summed E-state index contributed by atoms with van der Waals surface area (Å²) in [6.07, 6.45) is 3.68. The highest BCUT2D eigenvalue weighted by molar-refractivity contribution is 5.91. The molecule has 0 aliphatic heterocycles. The van der Waals surface area contributed by atoms with Crippen LogP contribution >= 0.6 is 0 Å². The molecule has 2 bridgehead atoms. The average Bonchev–Trinajstić information content (AvgIpc) is 2.20. The van der Waals surface area contributed by atoms with E-state index in [4.69, 9.17) is 5.41 Å². The van der Waals surface area contributed by atoms with Gasteiger partial charge in [0.2, 0.25) is 0 Å². The first-order valence-electron chi connectivity index (χ1n) is 4.56. The number of rotatable bonds is 0. The molecule has 2 rings (SSSR count). The molecule has 0 heterocycles. The number of hydrogen-bond acceptors (Lipinski definition) is 1. The van der Waals surface area contributed by atoms with E-state index in [1.54, 1.807) is 0 Å². The van der Waals surface area contributed by atoms with Crippen molar-refractivity contribution in [3.8, 4) is 0 Å². The third-order valence-corrected chi connectivity index (χ3v) is 4.55. The summed E-state index contributed by atoms with van der Waals surface area (Å²) in [5, 5.41) is 7.89. The van der Waals surface area contributed by atoms with E-state index in [1.165, 1.54) is 12.8 Å². The second-order valence-electron chi connectivity index (χ2n) is 4.97. The van der Waals surface area contributed by atoms with Crippen molar-refractivity contribution in [2.24, 2.45) is 16.7 Å². The van der Waals surface area contributed by atoms with Gasteiger partial charge >= 0.3 is 0 Å². The fraction of sp³-hybridized carbons (Fsp3) is 0.900. The van der Waals surface area contributed by atoms with Crippen molar-refractivity contribution in [3.63, 3.8) is 0 Å². The number of hydrogen-bond donors (Lipinski definition) is 1. The summed E-state index contributed by atoms with van der Waals surface area (Å²) in [5.41, 5.74) is 1.67. The van der Waals surface area contributed by atoms with Gasteiger partial charge < -0.3 is 5.41 Å². The lowest BCUT2D eigenvalue weighted by molar-refractivity contribution is 0.193. The molecule has 2 aliphatic carbocycles. The lowest BCUT2D eigenvalue weighted by Gasteiger charge is -2.34. The predicted octanol–water partition coefficient (Wildman–Crippen LogP) is 2.85. The van der Waals surface area contributed by atoms with Gasteiger partial charge in [-0.15, -0.1) is 0 Å². The summed E-state index contributed by atoms with van der Waals surface area (Å²) >= 11 is 0. The van der Waals surface area contributed by atoms with Gasteiger partial charge in [0.05, 0.1) is 0 Å². The van der Waals surface area contributed by atoms with Crippen molar-refractivity contribution >= 4 is 5.71 Å². The van der Waals surface area contributed by atoms with Gasteiger partial charge in [-0.1, -0.05) is 20.8 Å². The summed E-state index contributed by atoms with van der Waals surface area (Å²) in [6.45, 7) is 6.96. The summed E-state index contributed by atoms with van der Waals surface area (Å²) in [6, 6.07) is 0. The molecule has 0 unspecified atom stereocenters. The van der Waals surface area contributed by atoms with Crippen LogP contribution in [0.3, 0.4) is 0 Å². The van der Waals surface area contributed by atoms with Crippen LogP contribution in [-0.2, 0) is 0 Å². The Hall–Kier alpha value is -0.330. The SMILES string of the molecule is CC1(C)[C@@H]2CC[C@@]1(C)C(=N)C2. The molecular weight excluding hydrogens is 134 g/mol. The Morgan fingerprint density at radius 3 is 2.18 bits per heavy atom. The zero-order valence-electron chi connectivity index (χ0n) is 7.70. The molecule has 0 saturated heterocycles. The van der Waals surface area contributed by atoms with Crippen LogP contribution in [0.1, 0.15) is 40.0 Å². The molecule has 2 saturated carbocycles. The molecule has 0 aromatic rings. The van der Waals surface area contributed by atoms with Crippen LogP contribution in [0.2, 0.25) is 0 Å². The van der Waals surface area contributed by atoms with E-state index in [1.807, 2.05) is 0 Å². The Morgan fingerprint density at radius 2 is 2.00 bits per heavy atom. The van der Waals surface area contributed by atoms with Crippen molar-refractivity contribution in [1.82, 2.24) is 0 Å². The van der Waals surface area contributed by atoms with E-state index in [2.05, 4.69) is 20.8 Å². The Morgan fingerprint density at radius 1 is 1.36 bits per heavy atom. The van der Waals surface area contributed by atoms with E-state index in [0.29, 0.717) is 5.41 Å². The molecule has 0 aromatic carbocycles. The average molecular weight is 151 g/mol. The first kappa shape index (κ1) is 7.33. The van der Waals surface area contributed by atoms with Gasteiger partial charge in [0.15, 0.2) is 0 Å². The molecule has 0 radical (unpaired) electrons. The third-order valence-electron chi connectivity index (χ3n) is 4.55. The molecule has 2 atom stereocenters. The molecular formula is C10H17N. The van der Waals surface area contributed by atoms with E-state index < -0.39 is 0 Å². The molecule has 0 spiro atoms. The van der Waals surface area contributed by atoms with Crippen LogP contribution in [0.15, 0.2) is 0 Å². The Bertz CT molecular complexity index is 217. The smallest absolute Gasteiger partial charge is 0.0156 e. The van der Waals surface area contributed by atoms with Crippen molar-refractivity contribution in [1.29, 1.82) is 5.41 Å². The Kier molecular flexibility index (Phi) is 1.13. The summed E-state index contributed by atoms with van der Waals surface area (Å²) < 4.78 is 0. The normalized spacial score (nSPS) is 46.8. The fourth-order valence-corrected chi connectivity index (χ4v) is 2.97. The summed E-state index contributed by atoms with van der Waals surface area (Å²) in [7, 11) is 0. The molecule has 1 heteroatoms.